The van der Waals surface area contributed by atoms with Gasteiger partial charge in [-0.1, -0.05) is 12.1 Å². The summed E-state index contributed by atoms with van der Waals surface area (Å²) in [5.74, 6) is -0.442. The van der Waals surface area contributed by atoms with Gasteiger partial charge in [-0.3, -0.25) is 4.90 Å². The van der Waals surface area contributed by atoms with Crippen molar-refractivity contribution < 1.29 is 23.2 Å². The number of nitrogens with one attached hydrogen (secondary N) is 1. The monoisotopic (exact) mass is 423 g/mol. The van der Waals surface area contributed by atoms with Crippen LogP contribution in [-0.2, 0) is 14.0 Å². The molecule has 2 saturated heterocycles. The number of aromatic nitrogens is 2. The maximum atomic E-state index is 15.2. The minimum Gasteiger partial charge on any atom is -0.447 e. The van der Waals surface area contributed by atoms with E-state index < -0.39 is 36.3 Å². The van der Waals surface area contributed by atoms with Crippen LogP contribution in [0.1, 0.15) is 39.3 Å². The van der Waals surface area contributed by atoms with E-state index in [0.717, 1.165) is 11.0 Å². The number of benzene rings is 2. The van der Waals surface area contributed by atoms with Gasteiger partial charge < -0.3 is 19.0 Å². The van der Waals surface area contributed by atoms with Gasteiger partial charge in [0.15, 0.2) is 0 Å². The van der Waals surface area contributed by atoms with Crippen molar-refractivity contribution in [1.29, 1.82) is 0 Å². The lowest BCUT2D eigenvalue weighted by Crippen LogP contribution is -2.41. The lowest BCUT2D eigenvalue weighted by atomic mass is 9.78. The third-order valence-corrected chi connectivity index (χ3v) is 6.46. The summed E-state index contributed by atoms with van der Waals surface area (Å²) in [6, 6.07) is 9.67. The zero-order chi connectivity index (χ0) is 22.0. The number of nitrogens with zero attached hydrogens (tertiary/aromatic N) is 2. The van der Waals surface area contributed by atoms with Crippen molar-refractivity contribution in [2.75, 3.05) is 11.5 Å². The standard InChI is InChI=1S/C22H23BFN3O4/c1-21(2)22(3,4)31-23(30-21)13-5-7-15(16(24)9-13)19-11-29-20(28)27(19)14-6-8-17-18(10-14)26-12-25-17/h5-10,12,19H,11H2,1-4H3,(H,25,26)/t19-/m1/s1. The Labute approximate surface area is 179 Å². The molecule has 0 saturated carbocycles. The van der Waals surface area contributed by atoms with Crippen LogP contribution in [0.4, 0.5) is 14.9 Å². The Balaban J connectivity index is 1.46. The number of hydrogen-bond donors (Lipinski definition) is 1. The van der Waals surface area contributed by atoms with Crippen molar-refractivity contribution in [2.24, 2.45) is 0 Å². The molecule has 2 aromatic carbocycles. The van der Waals surface area contributed by atoms with Crippen molar-refractivity contribution >= 4 is 35.4 Å². The maximum Gasteiger partial charge on any atom is 0.494 e. The maximum absolute atomic E-state index is 15.2. The molecule has 1 aromatic heterocycles. The van der Waals surface area contributed by atoms with Crippen molar-refractivity contribution in [1.82, 2.24) is 9.97 Å². The number of fused-ring (bicyclic) bond motifs is 1. The number of anilines is 1. The number of H-pyrrole nitrogens is 1. The topological polar surface area (TPSA) is 76.7 Å². The van der Waals surface area contributed by atoms with Gasteiger partial charge in [-0.15, -0.1) is 0 Å². The van der Waals surface area contributed by atoms with E-state index in [0.29, 0.717) is 16.7 Å². The van der Waals surface area contributed by atoms with E-state index in [9.17, 15) is 4.79 Å². The van der Waals surface area contributed by atoms with Crippen LogP contribution >= 0.6 is 0 Å². The van der Waals surface area contributed by atoms with Gasteiger partial charge in [0.05, 0.1) is 34.3 Å². The first-order valence-corrected chi connectivity index (χ1v) is 10.2. The van der Waals surface area contributed by atoms with Crippen molar-refractivity contribution in [2.45, 2.75) is 44.9 Å². The highest BCUT2D eigenvalue weighted by Gasteiger charge is 2.52. The van der Waals surface area contributed by atoms with Gasteiger partial charge in [0, 0.05) is 5.56 Å². The van der Waals surface area contributed by atoms with Crippen LogP contribution in [0.3, 0.4) is 0 Å². The molecule has 0 unspecified atom stereocenters. The van der Waals surface area contributed by atoms with Crippen LogP contribution in [-0.4, -0.2) is 41.0 Å². The quantitative estimate of drug-likeness (QED) is 0.651. The van der Waals surface area contributed by atoms with Gasteiger partial charge in [0.25, 0.3) is 0 Å². The van der Waals surface area contributed by atoms with Crippen molar-refractivity contribution in [3.8, 4) is 0 Å². The molecule has 0 bridgehead atoms. The highest BCUT2D eigenvalue weighted by molar-refractivity contribution is 6.62. The van der Waals surface area contributed by atoms with Gasteiger partial charge in [-0.2, -0.15) is 0 Å². The average molecular weight is 423 g/mol. The summed E-state index contributed by atoms with van der Waals surface area (Å²) >= 11 is 0. The van der Waals surface area contributed by atoms with Gasteiger partial charge in [-0.25, -0.2) is 14.2 Å². The van der Waals surface area contributed by atoms with E-state index >= 15 is 4.39 Å². The van der Waals surface area contributed by atoms with E-state index in [4.69, 9.17) is 14.0 Å². The fourth-order valence-corrected chi connectivity index (χ4v) is 3.95. The molecule has 2 fully saturated rings. The Morgan fingerprint density at radius 1 is 1.13 bits per heavy atom. The van der Waals surface area contributed by atoms with Crippen molar-refractivity contribution in [3.63, 3.8) is 0 Å². The normalized spacial score (nSPS) is 22.4. The van der Waals surface area contributed by atoms with Crippen LogP contribution in [0.15, 0.2) is 42.7 Å². The summed E-state index contributed by atoms with van der Waals surface area (Å²) < 4.78 is 32.6. The predicted octanol–water partition coefficient (Wildman–Crippen LogP) is 3.70. The Hall–Kier alpha value is -2.91. The first-order chi connectivity index (χ1) is 14.7. The number of hydrogen-bond acceptors (Lipinski definition) is 5. The fourth-order valence-electron chi connectivity index (χ4n) is 3.95. The van der Waals surface area contributed by atoms with Crippen molar-refractivity contribution in [3.05, 3.63) is 54.1 Å². The minimum absolute atomic E-state index is 0.0621. The second-order valence-corrected chi connectivity index (χ2v) is 8.94. The fraction of sp³-hybridized carbons (Fsp3) is 0.364. The summed E-state index contributed by atoms with van der Waals surface area (Å²) in [6.07, 6.45) is 1.07. The van der Waals surface area contributed by atoms with Gasteiger partial charge in [0.2, 0.25) is 0 Å². The second-order valence-electron chi connectivity index (χ2n) is 8.94. The third-order valence-electron chi connectivity index (χ3n) is 6.46. The number of ether oxygens (including phenoxy) is 1. The lowest BCUT2D eigenvalue weighted by Gasteiger charge is -2.32. The van der Waals surface area contributed by atoms with E-state index in [1.807, 2.05) is 33.8 Å². The highest BCUT2D eigenvalue weighted by Crippen LogP contribution is 2.38. The molecule has 160 valence electrons. The number of rotatable bonds is 3. The number of amides is 1. The number of carbonyl (C=O) groups excluding carboxylic acids is 1. The summed E-state index contributed by atoms with van der Waals surface area (Å²) in [5.41, 5.74) is 2.12. The van der Waals surface area contributed by atoms with E-state index in [2.05, 4.69) is 9.97 Å². The van der Waals surface area contributed by atoms with Crippen LogP contribution < -0.4 is 10.4 Å². The molecule has 2 aliphatic rings. The Morgan fingerprint density at radius 2 is 1.87 bits per heavy atom. The first kappa shape index (κ1) is 20.0. The molecule has 0 radical (unpaired) electrons. The number of aromatic amines is 1. The molecular formula is C22H23BFN3O4. The highest BCUT2D eigenvalue weighted by atomic mass is 19.1. The summed E-state index contributed by atoms with van der Waals surface area (Å²) in [5, 5.41) is 0. The summed E-state index contributed by atoms with van der Waals surface area (Å²) in [4.78, 5) is 21.2. The Morgan fingerprint density at radius 3 is 2.58 bits per heavy atom. The van der Waals surface area contributed by atoms with E-state index in [1.165, 1.54) is 11.0 Å². The predicted molar refractivity (Wildman–Crippen MR) is 115 cm³/mol. The number of cyclic esters (lactones) is 1. The van der Waals surface area contributed by atoms with Crippen LogP contribution in [0, 0.1) is 5.82 Å². The molecule has 5 rings (SSSR count). The molecule has 31 heavy (non-hydrogen) atoms. The van der Waals surface area contributed by atoms with Gasteiger partial charge in [-0.05, 0) is 57.4 Å². The molecule has 1 amide bonds. The number of halogens is 1. The molecule has 0 aliphatic carbocycles. The smallest absolute Gasteiger partial charge is 0.447 e. The lowest BCUT2D eigenvalue weighted by molar-refractivity contribution is 0.00578. The zero-order valence-corrected chi connectivity index (χ0v) is 17.8. The molecule has 1 atom stereocenters. The van der Waals surface area contributed by atoms with Gasteiger partial charge >= 0.3 is 13.2 Å². The van der Waals surface area contributed by atoms with Crippen LogP contribution in [0.5, 0.6) is 0 Å². The molecule has 1 N–H and O–H groups in total. The zero-order valence-electron chi connectivity index (χ0n) is 17.8. The van der Waals surface area contributed by atoms with Crippen LogP contribution in [0.2, 0.25) is 0 Å². The second kappa shape index (κ2) is 6.80. The Bertz CT molecular complexity index is 1160. The largest absolute Gasteiger partial charge is 0.494 e. The number of carbonyl (C=O) groups is 1. The summed E-state index contributed by atoms with van der Waals surface area (Å²) in [7, 11) is -0.658. The SMILES string of the molecule is CC1(C)OB(c2ccc([C@H]3COC(=O)N3c3ccc4nc[nH]c4c3)c(F)c2)OC1(C)C. The first-order valence-electron chi connectivity index (χ1n) is 10.2. The molecule has 7 nitrogen and oxygen atoms in total. The third kappa shape index (κ3) is 3.19. The number of imidazole rings is 1. The molecule has 0 spiro atoms. The minimum atomic E-state index is -0.658. The van der Waals surface area contributed by atoms with Gasteiger partial charge in [0.1, 0.15) is 18.5 Å². The van der Waals surface area contributed by atoms with E-state index in [-0.39, 0.29) is 6.61 Å². The molecular weight excluding hydrogens is 400 g/mol. The average Bonchev–Trinajstić information content (AvgIpc) is 3.37. The molecule has 3 heterocycles. The summed E-state index contributed by atoms with van der Waals surface area (Å²) in [6.45, 7) is 7.87. The molecule has 2 aliphatic heterocycles. The molecule has 3 aromatic rings. The van der Waals surface area contributed by atoms with E-state index in [1.54, 1.807) is 30.6 Å². The molecule has 9 heteroatoms. The Kier molecular flexibility index (Phi) is 4.39. The van der Waals surface area contributed by atoms with Crippen LogP contribution in [0.25, 0.3) is 11.0 Å².